The molecule has 8 nitrogen and oxygen atoms in total. The van der Waals surface area contributed by atoms with E-state index >= 15 is 0 Å². The number of ether oxygens (including phenoxy) is 1. The highest BCUT2D eigenvalue weighted by molar-refractivity contribution is 7.91. The molecule has 11 heteroatoms. The first-order valence-electron chi connectivity index (χ1n) is 10.7. The summed E-state index contributed by atoms with van der Waals surface area (Å²) in [4.78, 5) is 13.3. The molecule has 1 saturated heterocycles. The Morgan fingerprint density at radius 1 is 1.03 bits per heavy atom. The Hall–Kier alpha value is -2.24. The number of sulfonamides is 1. The Morgan fingerprint density at radius 3 is 2.42 bits per heavy atom. The minimum absolute atomic E-state index is 0.221. The van der Waals surface area contributed by atoms with Crippen molar-refractivity contribution in [2.24, 2.45) is 0 Å². The van der Waals surface area contributed by atoms with Gasteiger partial charge in [0.1, 0.15) is 9.96 Å². The predicted octanol–water partition coefficient (Wildman–Crippen LogP) is 3.26. The van der Waals surface area contributed by atoms with Crippen LogP contribution >= 0.6 is 22.9 Å². The Kier molecular flexibility index (Phi) is 8.15. The first-order valence-corrected chi connectivity index (χ1v) is 13.4. The van der Waals surface area contributed by atoms with E-state index in [1.165, 1.54) is 11.6 Å². The molecule has 0 aliphatic carbocycles. The second-order valence-corrected chi connectivity index (χ2v) is 11.3. The molecule has 1 aromatic carbocycles. The largest absolute Gasteiger partial charge is 0.494 e. The lowest BCUT2D eigenvalue weighted by molar-refractivity contribution is 0.248. The highest BCUT2D eigenvalue weighted by Crippen LogP contribution is 2.25. The van der Waals surface area contributed by atoms with Gasteiger partial charge in [-0.15, -0.1) is 11.3 Å². The molecule has 0 bridgehead atoms. The SMILES string of the molecule is O=S(=O)(NCCCOc1ccc(CN2CCN(c3ncccn3)CC2)cc1)c1ccc(Cl)s1. The van der Waals surface area contributed by atoms with E-state index < -0.39 is 10.0 Å². The van der Waals surface area contributed by atoms with Crippen molar-refractivity contribution in [2.75, 3.05) is 44.2 Å². The molecule has 0 saturated carbocycles. The molecule has 0 atom stereocenters. The third kappa shape index (κ3) is 6.87. The van der Waals surface area contributed by atoms with Gasteiger partial charge in [-0.3, -0.25) is 4.90 Å². The number of hydrogen-bond acceptors (Lipinski definition) is 8. The molecule has 1 N–H and O–H groups in total. The van der Waals surface area contributed by atoms with Crippen LogP contribution in [0.15, 0.2) is 59.1 Å². The predicted molar refractivity (Wildman–Crippen MR) is 131 cm³/mol. The zero-order valence-electron chi connectivity index (χ0n) is 18.1. The van der Waals surface area contributed by atoms with Crippen LogP contribution in [0.5, 0.6) is 5.75 Å². The molecule has 0 amide bonds. The monoisotopic (exact) mass is 507 g/mol. The second kappa shape index (κ2) is 11.3. The normalized spacial score (nSPS) is 15.0. The molecule has 1 aliphatic heterocycles. The first kappa shape index (κ1) is 23.9. The van der Waals surface area contributed by atoms with Gasteiger partial charge in [-0.1, -0.05) is 23.7 Å². The van der Waals surface area contributed by atoms with Crippen molar-refractivity contribution in [3.8, 4) is 5.75 Å². The second-order valence-electron chi connectivity index (χ2n) is 7.61. The Balaban J connectivity index is 1.15. The van der Waals surface area contributed by atoms with Crippen molar-refractivity contribution < 1.29 is 13.2 Å². The fraction of sp³-hybridized carbons (Fsp3) is 0.364. The van der Waals surface area contributed by atoms with E-state index in [1.807, 2.05) is 18.2 Å². The molecule has 1 aliphatic rings. The zero-order chi connectivity index (χ0) is 23.1. The first-order chi connectivity index (χ1) is 16.0. The van der Waals surface area contributed by atoms with E-state index in [9.17, 15) is 8.42 Å². The third-order valence-corrected chi connectivity index (χ3v) is 8.42. The summed E-state index contributed by atoms with van der Waals surface area (Å²) in [5, 5.41) is 0. The quantitative estimate of drug-likeness (QED) is 0.421. The molecule has 0 unspecified atom stereocenters. The van der Waals surface area contributed by atoms with Crippen LogP contribution in [-0.4, -0.2) is 62.6 Å². The molecule has 2 aromatic heterocycles. The van der Waals surface area contributed by atoms with Crippen molar-refractivity contribution in [1.29, 1.82) is 0 Å². The van der Waals surface area contributed by atoms with E-state index in [-0.39, 0.29) is 4.21 Å². The van der Waals surface area contributed by atoms with Gasteiger partial charge in [0.2, 0.25) is 16.0 Å². The van der Waals surface area contributed by atoms with Gasteiger partial charge in [0, 0.05) is 51.7 Å². The maximum atomic E-state index is 12.2. The van der Waals surface area contributed by atoms with Gasteiger partial charge in [-0.05, 0) is 42.3 Å². The number of rotatable bonds is 10. The van der Waals surface area contributed by atoms with Gasteiger partial charge in [0.25, 0.3) is 0 Å². The van der Waals surface area contributed by atoms with Crippen LogP contribution in [0.4, 0.5) is 5.95 Å². The highest BCUT2D eigenvalue weighted by atomic mass is 35.5. The molecular weight excluding hydrogens is 482 g/mol. The van der Waals surface area contributed by atoms with Crippen molar-refractivity contribution >= 4 is 38.9 Å². The minimum Gasteiger partial charge on any atom is -0.494 e. The molecule has 0 radical (unpaired) electrons. The standard InChI is InChI=1S/C22H26ClN5O3S2/c23-20-7-8-21(32-20)33(29,30)26-11-2-16-31-19-5-3-18(4-6-19)17-27-12-14-28(15-13-27)22-24-9-1-10-25-22/h1,3-10,26H,2,11-17H2. The van der Waals surface area contributed by atoms with E-state index in [0.717, 1.165) is 55.8 Å². The van der Waals surface area contributed by atoms with Crippen molar-refractivity contribution in [1.82, 2.24) is 19.6 Å². The smallest absolute Gasteiger partial charge is 0.250 e. The van der Waals surface area contributed by atoms with Gasteiger partial charge >= 0.3 is 0 Å². The van der Waals surface area contributed by atoms with Crippen LogP contribution in [0, 0.1) is 0 Å². The minimum atomic E-state index is -3.51. The summed E-state index contributed by atoms with van der Waals surface area (Å²) in [6.07, 6.45) is 4.12. The summed E-state index contributed by atoms with van der Waals surface area (Å²) >= 11 is 6.85. The average Bonchev–Trinajstić information content (AvgIpc) is 3.28. The Morgan fingerprint density at radius 2 is 1.76 bits per heavy atom. The maximum absolute atomic E-state index is 12.2. The lowest BCUT2D eigenvalue weighted by Crippen LogP contribution is -2.46. The lowest BCUT2D eigenvalue weighted by atomic mass is 10.2. The van der Waals surface area contributed by atoms with E-state index in [2.05, 4.69) is 36.6 Å². The maximum Gasteiger partial charge on any atom is 0.250 e. The number of hydrogen-bond donors (Lipinski definition) is 1. The van der Waals surface area contributed by atoms with Crippen LogP contribution < -0.4 is 14.4 Å². The fourth-order valence-electron chi connectivity index (χ4n) is 3.49. The number of piperazine rings is 1. The fourth-order valence-corrected chi connectivity index (χ4v) is 6.09. The third-order valence-electron chi connectivity index (χ3n) is 5.23. The van der Waals surface area contributed by atoms with Gasteiger partial charge < -0.3 is 9.64 Å². The lowest BCUT2D eigenvalue weighted by Gasteiger charge is -2.34. The molecule has 3 heterocycles. The molecule has 3 aromatic rings. The molecule has 176 valence electrons. The molecule has 4 rings (SSSR count). The van der Waals surface area contributed by atoms with Crippen LogP contribution in [0.3, 0.4) is 0 Å². The van der Waals surface area contributed by atoms with Crippen LogP contribution in [0.1, 0.15) is 12.0 Å². The highest BCUT2D eigenvalue weighted by Gasteiger charge is 2.19. The number of thiophene rings is 1. The molecule has 0 spiro atoms. The Bertz CT molecular complexity index is 1120. The molecule has 33 heavy (non-hydrogen) atoms. The summed E-state index contributed by atoms with van der Waals surface area (Å²) in [5.41, 5.74) is 1.23. The number of benzene rings is 1. The van der Waals surface area contributed by atoms with Crippen molar-refractivity contribution in [2.45, 2.75) is 17.2 Å². The topological polar surface area (TPSA) is 87.7 Å². The summed E-state index contributed by atoms with van der Waals surface area (Å²) in [6, 6.07) is 13.0. The summed E-state index contributed by atoms with van der Waals surface area (Å²) in [5.74, 6) is 1.57. The van der Waals surface area contributed by atoms with Gasteiger partial charge in [-0.2, -0.15) is 0 Å². The molecular formula is C22H26ClN5O3S2. The number of halogens is 1. The van der Waals surface area contributed by atoms with Crippen LogP contribution in [0.25, 0.3) is 0 Å². The van der Waals surface area contributed by atoms with E-state index in [4.69, 9.17) is 16.3 Å². The van der Waals surface area contributed by atoms with Gasteiger partial charge in [0.05, 0.1) is 10.9 Å². The van der Waals surface area contributed by atoms with E-state index in [1.54, 1.807) is 18.5 Å². The van der Waals surface area contributed by atoms with Crippen molar-refractivity contribution in [3.05, 3.63) is 64.8 Å². The number of nitrogens with one attached hydrogen (secondary N) is 1. The average molecular weight is 508 g/mol. The summed E-state index contributed by atoms with van der Waals surface area (Å²) in [7, 11) is -3.51. The Labute approximate surface area is 203 Å². The van der Waals surface area contributed by atoms with Gasteiger partial charge in [0.15, 0.2) is 0 Å². The van der Waals surface area contributed by atoms with Crippen LogP contribution in [-0.2, 0) is 16.6 Å². The summed E-state index contributed by atoms with van der Waals surface area (Å²) in [6.45, 7) is 5.36. The molecule has 1 fully saturated rings. The number of aromatic nitrogens is 2. The number of anilines is 1. The zero-order valence-corrected chi connectivity index (χ0v) is 20.4. The summed E-state index contributed by atoms with van der Waals surface area (Å²) < 4.78 is 33.3. The number of nitrogens with zero attached hydrogens (tertiary/aromatic N) is 4. The van der Waals surface area contributed by atoms with Crippen LogP contribution in [0.2, 0.25) is 4.34 Å². The van der Waals surface area contributed by atoms with E-state index in [0.29, 0.717) is 23.9 Å². The van der Waals surface area contributed by atoms with Gasteiger partial charge in [-0.25, -0.2) is 23.1 Å². The van der Waals surface area contributed by atoms with Crippen molar-refractivity contribution in [3.63, 3.8) is 0 Å².